The van der Waals surface area contributed by atoms with Crippen LogP contribution in [-0.4, -0.2) is 15.4 Å². The summed E-state index contributed by atoms with van der Waals surface area (Å²) >= 11 is 5.59. The molecule has 0 nitrogen and oxygen atoms in total. The summed E-state index contributed by atoms with van der Waals surface area (Å²) in [5, 5.41) is 0.377. The van der Waals surface area contributed by atoms with Gasteiger partial charge in [-0.25, -0.2) is 0 Å². The molecule has 0 saturated heterocycles. The van der Waals surface area contributed by atoms with Crippen LogP contribution < -0.4 is 5.19 Å². The van der Waals surface area contributed by atoms with Crippen LogP contribution in [0.2, 0.25) is 6.04 Å². The molecule has 0 saturated carbocycles. The lowest BCUT2D eigenvalue weighted by molar-refractivity contribution is -0.136. The minimum atomic E-state index is -4.27. The molecule has 5 heteroatoms. The molecule has 0 spiro atoms. The fraction of sp³-hybridized carbons (Fsp3) is 0.467. The molecule has 1 rings (SSSR count). The second kappa shape index (κ2) is 8.52. The maximum Gasteiger partial charge on any atom is 0.416 e. The van der Waals surface area contributed by atoms with Crippen molar-refractivity contribution in [2.24, 2.45) is 0 Å². The Labute approximate surface area is 125 Å². The summed E-state index contributed by atoms with van der Waals surface area (Å²) in [5.74, 6) is 0.660. The van der Waals surface area contributed by atoms with Gasteiger partial charge in [-0.15, -0.1) is 18.2 Å². The first-order valence-electron chi connectivity index (χ1n) is 6.58. The third-order valence-corrected chi connectivity index (χ3v) is 4.69. The lowest BCUT2D eigenvalue weighted by atomic mass is 10.1. The lowest BCUT2D eigenvalue weighted by Gasteiger charge is -2.12. The van der Waals surface area contributed by atoms with Crippen LogP contribution in [0.3, 0.4) is 0 Å². The van der Waals surface area contributed by atoms with Crippen molar-refractivity contribution < 1.29 is 13.2 Å². The normalized spacial score (nSPS) is 11.6. The monoisotopic (exact) mass is 318 g/mol. The number of hydrogen-bond donors (Lipinski definition) is 0. The molecular weight excluding hydrogens is 301 g/mol. The quantitative estimate of drug-likeness (QED) is 0.279. The summed E-state index contributed by atoms with van der Waals surface area (Å²) in [5.41, 5.74) is 0.503. The van der Waals surface area contributed by atoms with Crippen LogP contribution in [0.4, 0.5) is 13.2 Å². The van der Waals surface area contributed by atoms with Crippen molar-refractivity contribution in [3.8, 4) is 0 Å². The molecule has 1 aromatic rings. The van der Waals surface area contributed by atoms with E-state index >= 15 is 0 Å². The zero-order valence-corrected chi connectivity index (χ0v) is 13.0. The molecule has 0 aliphatic carbocycles. The number of rotatable bonds is 8. The third-order valence-electron chi connectivity index (χ3n) is 2.93. The first-order chi connectivity index (χ1) is 9.45. The van der Waals surface area contributed by atoms with E-state index in [-0.39, 0.29) is 9.52 Å². The van der Waals surface area contributed by atoms with E-state index in [1.165, 1.54) is 6.07 Å². The van der Waals surface area contributed by atoms with Gasteiger partial charge in [0.25, 0.3) is 0 Å². The van der Waals surface area contributed by atoms with Crippen molar-refractivity contribution in [1.82, 2.24) is 0 Å². The Morgan fingerprint density at radius 3 is 2.50 bits per heavy atom. The Morgan fingerprint density at radius 2 is 1.85 bits per heavy atom. The van der Waals surface area contributed by atoms with Crippen molar-refractivity contribution in [2.45, 2.75) is 37.9 Å². The van der Waals surface area contributed by atoms with E-state index in [1.54, 1.807) is 12.1 Å². The molecule has 2 radical (unpaired) electrons. The average Bonchev–Trinajstić information content (AvgIpc) is 2.40. The summed E-state index contributed by atoms with van der Waals surface area (Å²) < 4.78 is 38.5. The summed E-state index contributed by atoms with van der Waals surface area (Å²) in [6, 6.07) is 6.42. The highest BCUT2D eigenvalue weighted by Crippen LogP contribution is 2.27. The van der Waals surface area contributed by atoms with Gasteiger partial charge < -0.3 is 0 Å². The van der Waals surface area contributed by atoms with Crippen molar-refractivity contribution in [2.75, 3.05) is 5.88 Å². The van der Waals surface area contributed by atoms with Crippen LogP contribution in [0.5, 0.6) is 0 Å². The molecule has 0 unspecified atom stereocenters. The SMILES string of the molecule is C=C(CCCCCCl)C[Si]c1ccccc1C(F)(F)F. The molecule has 0 aliphatic rings. The van der Waals surface area contributed by atoms with Crippen LogP contribution >= 0.6 is 11.6 Å². The van der Waals surface area contributed by atoms with Gasteiger partial charge in [0.2, 0.25) is 0 Å². The van der Waals surface area contributed by atoms with Crippen LogP contribution in [0.15, 0.2) is 36.4 Å². The van der Waals surface area contributed by atoms with Gasteiger partial charge in [-0.1, -0.05) is 41.4 Å². The van der Waals surface area contributed by atoms with Gasteiger partial charge in [-0.2, -0.15) is 13.2 Å². The van der Waals surface area contributed by atoms with E-state index in [4.69, 9.17) is 11.6 Å². The molecule has 0 aliphatic heterocycles. The topological polar surface area (TPSA) is 0 Å². The largest absolute Gasteiger partial charge is 0.416 e. The smallest absolute Gasteiger partial charge is 0.166 e. The summed E-state index contributed by atoms with van der Waals surface area (Å²) in [7, 11) is 0.124. The molecule has 0 N–H and O–H groups in total. The number of hydrogen-bond acceptors (Lipinski definition) is 0. The van der Waals surface area contributed by atoms with Crippen molar-refractivity contribution in [3.63, 3.8) is 0 Å². The van der Waals surface area contributed by atoms with E-state index in [1.807, 2.05) is 0 Å². The molecule has 0 amide bonds. The molecule has 1 aromatic carbocycles. The predicted molar refractivity (Wildman–Crippen MR) is 80.0 cm³/mol. The Balaban J connectivity index is 2.48. The van der Waals surface area contributed by atoms with E-state index in [9.17, 15) is 13.2 Å². The average molecular weight is 319 g/mol. The van der Waals surface area contributed by atoms with Crippen LogP contribution in [-0.2, 0) is 6.18 Å². The fourth-order valence-electron chi connectivity index (χ4n) is 1.84. The van der Waals surface area contributed by atoms with Crippen LogP contribution in [0, 0.1) is 0 Å². The van der Waals surface area contributed by atoms with Gasteiger partial charge in [0.15, 0.2) is 0 Å². The second-order valence-electron chi connectivity index (χ2n) is 4.65. The van der Waals surface area contributed by atoms with Gasteiger partial charge in [0.1, 0.15) is 0 Å². The Kier molecular flexibility index (Phi) is 7.38. The first-order valence-corrected chi connectivity index (χ1v) is 8.32. The van der Waals surface area contributed by atoms with Gasteiger partial charge in [0, 0.05) is 5.88 Å². The maximum absolute atomic E-state index is 12.8. The van der Waals surface area contributed by atoms with E-state index in [2.05, 4.69) is 6.58 Å². The van der Waals surface area contributed by atoms with Gasteiger partial charge in [-0.3, -0.25) is 0 Å². The minimum absolute atomic E-state index is 0.124. The van der Waals surface area contributed by atoms with Gasteiger partial charge >= 0.3 is 6.18 Å². The zero-order chi connectivity index (χ0) is 15.0. The molecule has 20 heavy (non-hydrogen) atoms. The van der Waals surface area contributed by atoms with Gasteiger partial charge in [0.05, 0.1) is 15.1 Å². The van der Waals surface area contributed by atoms with E-state index in [0.29, 0.717) is 17.1 Å². The Bertz CT molecular complexity index is 429. The zero-order valence-electron chi connectivity index (χ0n) is 11.3. The fourth-order valence-corrected chi connectivity index (χ4v) is 3.28. The maximum atomic E-state index is 12.8. The second-order valence-corrected chi connectivity index (χ2v) is 6.27. The minimum Gasteiger partial charge on any atom is -0.166 e. The molecule has 110 valence electrons. The number of alkyl halides is 4. The highest BCUT2D eigenvalue weighted by Gasteiger charge is 2.32. The predicted octanol–water partition coefficient (Wildman–Crippen LogP) is 4.81. The molecule has 0 aromatic heterocycles. The van der Waals surface area contributed by atoms with E-state index in [0.717, 1.165) is 37.3 Å². The number of unbranched alkanes of at least 4 members (excludes halogenated alkanes) is 2. The third kappa shape index (κ3) is 6.14. The van der Waals surface area contributed by atoms with E-state index < -0.39 is 11.7 Å². The number of halogens is 4. The lowest BCUT2D eigenvalue weighted by Crippen LogP contribution is -2.25. The van der Waals surface area contributed by atoms with Crippen molar-refractivity contribution in [1.29, 1.82) is 0 Å². The summed E-state index contributed by atoms with van der Waals surface area (Å²) in [4.78, 5) is 0. The van der Waals surface area contributed by atoms with Crippen LogP contribution in [0.25, 0.3) is 0 Å². The highest BCUT2D eigenvalue weighted by molar-refractivity contribution is 6.54. The standard InChI is InChI=1S/C15H18ClF3Si/c1-12(7-3-2-6-10-16)11-20-14-9-5-4-8-13(14)15(17,18)19/h4-5,8-9H,1-3,6-7,10-11H2. The highest BCUT2D eigenvalue weighted by atomic mass is 35.5. The molecular formula is C15H18ClF3Si. The molecule has 0 heterocycles. The van der Waals surface area contributed by atoms with Crippen molar-refractivity contribution in [3.05, 3.63) is 42.0 Å². The molecule has 0 atom stereocenters. The first kappa shape index (κ1) is 17.3. The van der Waals surface area contributed by atoms with Gasteiger partial charge in [-0.05, 0) is 25.3 Å². The number of benzene rings is 1. The number of allylic oxidation sites excluding steroid dienone is 1. The van der Waals surface area contributed by atoms with Crippen molar-refractivity contribution >= 4 is 26.3 Å². The molecule has 0 bridgehead atoms. The molecule has 0 fully saturated rings. The Morgan fingerprint density at radius 1 is 1.15 bits per heavy atom. The Hall–Kier alpha value is -0.743. The summed E-state index contributed by atoms with van der Waals surface area (Å²) in [6.07, 6.45) is -0.362. The summed E-state index contributed by atoms with van der Waals surface area (Å²) in [6.45, 7) is 3.95. The van der Waals surface area contributed by atoms with Crippen LogP contribution in [0.1, 0.15) is 31.2 Å².